The Kier molecular flexibility index (Phi) is 8.88. The minimum absolute atomic E-state index is 0.0348. The van der Waals surface area contributed by atoms with E-state index in [1.807, 2.05) is 37.3 Å². The van der Waals surface area contributed by atoms with E-state index in [-0.39, 0.29) is 23.1 Å². The average molecular weight is 541 g/mol. The van der Waals surface area contributed by atoms with Gasteiger partial charge < -0.3 is 33.2 Å². The van der Waals surface area contributed by atoms with Crippen LogP contribution in [-0.2, 0) is 13.0 Å². The Labute approximate surface area is 227 Å². The fraction of sp³-hybridized carbons (Fsp3) is 0.333. The van der Waals surface area contributed by atoms with E-state index in [0.717, 1.165) is 41.8 Å². The fourth-order valence-electron chi connectivity index (χ4n) is 4.31. The van der Waals surface area contributed by atoms with Crippen molar-refractivity contribution in [2.75, 3.05) is 18.0 Å². The number of hydrogen-bond acceptors (Lipinski definition) is 5. The molecular weight excluding hydrogens is 507 g/mol. The van der Waals surface area contributed by atoms with Crippen molar-refractivity contribution in [2.24, 2.45) is 22.2 Å². The zero-order valence-electron chi connectivity index (χ0n) is 21.3. The van der Waals surface area contributed by atoms with Gasteiger partial charge in [0, 0.05) is 42.2 Å². The third kappa shape index (κ3) is 6.83. The zero-order chi connectivity index (χ0) is 27.2. The van der Waals surface area contributed by atoms with Gasteiger partial charge in [0.2, 0.25) is 0 Å². The molecule has 2 heterocycles. The molecule has 0 bridgehead atoms. The van der Waals surface area contributed by atoms with E-state index in [1.54, 1.807) is 23.2 Å². The van der Waals surface area contributed by atoms with Gasteiger partial charge in [-0.05, 0) is 74.2 Å². The maximum absolute atomic E-state index is 15.0. The SMILES string of the molecule is C[C@H](N)CCc1cc(Cl)c(F)c(C2=CC3=CN(c4ccc(CNCCCN=C(N)N)cc4)C(=O)NC3N2)c1. The first-order valence-electron chi connectivity index (χ1n) is 12.6. The van der Waals surface area contributed by atoms with Crippen molar-refractivity contribution in [1.82, 2.24) is 16.0 Å². The molecule has 0 saturated heterocycles. The number of aliphatic imine (C=N–C) groups is 1. The van der Waals surface area contributed by atoms with E-state index < -0.39 is 12.0 Å². The van der Waals surface area contributed by atoms with Crippen molar-refractivity contribution < 1.29 is 9.18 Å². The Morgan fingerprint density at radius 1 is 1.21 bits per heavy atom. The summed E-state index contributed by atoms with van der Waals surface area (Å²) in [6, 6.07) is 10.9. The highest BCUT2D eigenvalue weighted by Gasteiger charge is 2.32. The lowest BCUT2D eigenvalue weighted by atomic mass is 10.0. The minimum Gasteiger partial charge on any atom is -0.370 e. The molecule has 4 rings (SSSR count). The van der Waals surface area contributed by atoms with Crippen LogP contribution in [0.25, 0.3) is 5.70 Å². The van der Waals surface area contributed by atoms with Gasteiger partial charge in [0.05, 0.1) is 10.7 Å². The molecule has 38 heavy (non-hydrogen) atoms. The normalized spacial score (nSPS) is 17.2. The number of halogens is 2. The van der Waals surface area contributed by atoms with E-state index in [2.05, 4.69) is 20.9 Å². The van der Waals surface area contributed by atoms with Gasteiger partial charge in [-0.25, -0.2) is 9.18 Å². The van der Waals surface area contributed by atoms with Crippen LogP contribution in [-0.4, -0.2) is 37.3 Å². The Balaban J connectivity index is 1.44. The number of aryl methyl sites for hydroxylation is 1. The highest BCUT2D eigenvalue weighted by molar-refractivity contribution is 6.31. The van der Waals surface area contributed by atoms with Crippen LogP contribution >= 0.6 is 11.6 Å². The Bertz CT molecular complexity index is 1250. The van der Waals surface area contributed by atoms with Crippen molar-refractivity contribution in [3.05, 3.63) is 81.8 Å². The van der Waals surface area contributed by atoms with Crippen LogP contribution in [0.1, 0.15) is 36.5 Å². The summed E-state index contributed by atoms with van der Waals surface area (Å²) in [5.74, 6) is -0.402. The summed E-state index contributed by atoms with van der Waals surface area (Å²) in [5.41, 5.74) is 21.0. The van der Waals surface area contributed by atoms with Crippen LogP contribution in [0.2, 0.25) is 5.02 Å². The first-order valence-corrected chi connectivity index (χ1v) is 13.0. The third-order valence-electron chi connectivity index (χ3n) is 6.33. The lowest BCUT2D eigenvalue weighted by Crippen LogP contribution is -2.51. The Hall–Kier alpha value is -3.60. The summed E-state index contributed by atoms with van der Waals surface area (Å²) in [5, 5.41) is 9.54. The molecular formula is C27H34ClFN8O. The van der Waals surface area contributed by atoms with Gasteiger partial charge in [0.15, 0.2) is 11.8 Å². The highest BCUT2D eigenvalue weighted by atomic mass is 35.5. The van der Waals surface area contributed by atoms with Crippen molar-refractivity contribution in [1.29, 1.82) is 0 Å². The van der Waals surface area contributed by atoms with Gasteiger partial charge in [0.1, 0.15) is 6.17 Å². The van der Waals surface area contributed by atoms with Gasteiger partial charge in [-0.15, -0.1) is 0 Å². The largest absolute Gasteiger partial charge is 0.370 e. The number of amides is 2. The topological polar surface area (TPSA) is 147 Å². The van der Waals surface area contributed by atoms with E-state index in [4.69, 9.17) is 28.8 Å². The van der Waals surface area contributed by atoms with Crippen molar-refractivity contribution in [3.8, 4) is 0 Å². The van der Waals surface area contributed by atoms with Crippen LogP contribution in [0.5, 0.6) is 0 Å². The maximum atomic E-state index is 15.0. The Morgan fingerprint density at radius 2 is 1.97 bits per heavy atom. The molecule has 9 nitrogen and oxygen atoms in total. The second-order valence-electron chi connectivity index (χ2n) is 9.54. The number of nitrogens with two attached hydrogens (primary N) is 3. The van der Waals surface area contributed by atoms with E-state index in [0.29, 0.717) is 30.8 Å². The molecule has 0 radical (unpaired) electrons. The number of nitrogens with zero attached hydrogens (tertiary/aromatic N) is 2. The molecule has 0 spiro atoms. The second-order valence-corrected chi connectivity index (χ2v) is 9.95. The average Bonchev–Trinajstić information content (AvgIpc) is 3.29. The van der Waals surface area contributed by atoms with Gasteiger partial charge >= 0.3 is 6.03 Å². The van der Waals surface area contributed by atoms with Gasteiger partial charge in [-0.1, -0.05) is 23.7 Å². The molecule has 0 aliphatic carbocycles. The predicted molar refractivity (Wildman–Crippen MR) is 151 cm³/mol. The molecule has 2 amide bonds. The molecule has 11 heteroatoms. The monoisotopic (exact) mass is 540 g/mol. The third-order valence-corrected chi connectivity index (χ3v) is 6.60. The van der Waals surface area contributed by atoms with Gasteiger partial charge in [-0.2, -0.15) is 0 Å². The first-order chi connectivity index (χ1) is 18.2. The Morgan fingerprint density at radius 3 is 2.68 bits per heavy atom. The number of hydrogen-bond donors (Lipinski definition) is 6. The molecule has 2 atom stereocenters. The van der Waals surface area contributed by atoms with Crippen molar-refractivity contribution in [3.63, 3.8) is 0 Å². The standard InChI is InChI=1S/C27H34ClFN8O/c1-16(30)3-4-18-11-21(24(29)22(28)12-18)23-13-19-15-37(27(38)36-25(19)35-23)20-7-5-17(6-8-20)14-33-9-2-10-34-26(31)32/h5-8,11-13,15-16,25,33,35H,2-4,9-10,14,30H2,1H3,(H,36,38)(H4,31,32,34)/t16-,25?/m0/s1. The molecule has 9 N–H and O–H groups in total. The number of anilines is 1. The summed E-state index contributed by atoms with van der Waals surface area (Å²) >= 11 is 6.20. The van der Waals surface area contributed by atoms with Crippen molar-refractivity contribution >= 4 is 35.0 Å². The summed E-state index contributed by atoms with van der Waals surface area (Å²) in [6.45, 7) is 3.98. The molecule has 2 aromatic rings. The summed E-state index contributed by atoms with van der Waals surface area (Å²) < 4.78 is 15.0. The maximum Gasteiger partial charge on any atom is 0.327 e. The molecule has 0 saturated carbocycles. The summed E-state index contributed by atoms with van der Waals surface area (Å²) in [7, 11) is 0. The molecule has 2 aromatic carbocycles. The lowest BCUT2D eigenvalue weighted by Gasteiger charge is -2.29. The van der Waals surface area contributed by atoms with Crippen LogP contribution < -0.4 is 38.1 Å². The highest BCUT2D eigenvalue weighted by Crippen LogP contribution is 2.32. The molecule has 202 valence electrons. The summed E-state index contributed by atoms with van der Waals surface area (Å²) in [6.07, 6.45) is 5.43. The van der Waals surface area contributed by atoms with Crippen LogP contribution in [0.15, 0.2) is 59.2 Å². The lowest BCUT2D eigenvalue weighted by molar-refractivity contribution is 0.244. The van der Waals surface area contributed by atoms with Crippen LogP contribution in [0.3, 0.4) is 0 Å². The number of carbonyl (C=O) groups is 1. The van der Waals surface area contributed by atoms with Crippen molar-refractivity contribution in [2.45, 2.75) is 44.9 Å². The molecule has 2 aliphatic heterocycles. The first kappa shape index (κ1) is 27.4. The van der Waals surface area contributed by atoms with E-state index >= 15 is 0 Å². The van der Waals surface area contributed by atoms with E-state index in [9.17, 15) is 9.18 Å². The minimum atomic E-state index is -0.502. The molecule has 1 unspecified atom stereocenters. The smallest absolute Gasteiger partial charge is 0.327 e. The number of benzene rings is 2. The van der Waals surface area contributed by atoms with E-state index in [1.165, 1.54) is 0 Å². The number of urea groups is 1. The van der Waals surface area contributed by atoms with Crippen LogP contribution in [0, 0.1) is 5.82 Å². The number of nitrogens with one attached hydrogen (secondary N) is 3. The quantitative estimate of drug-likeness (QED) is 0.147. The van der Waals surface area contributed by atoms with Gasteiger partial charge in [-0.3, -0.25) is 9.89 Å². The second kappa shape index (κ2) is 12.3. The number of guanidine groups is 1. The van der Waals surface area contributed by atoms with Crippen LogP contribution in [0.4, 0.5) is 14.9 Å². The summed E-state index contributed by atoms with van der Waals surface area (Å²) in [4.78, 5) is 18.4. The number of rotatable bonds is 11. The fourth-order valence-corrected chi connectivity index (χ4v) is 4.55. The molecule has 2 aliphatic rings. The number of carbonyl (C=O) groups excluding carboxylic acids is 1. The number of fused-ring (bicyclic) bond motifs is 1. The predicted octanol–water partition coefficient (Wildman–Crippen LogP) is 2.90. The molecule has 0 fully saturated rings. The van der Waals surface area contributed by atoms with Gasteiger partial charge in [0.25, 0.3) is 0 Å². The zero-order valence-corrected chi connectivity index (χ0v) is 22.1. The molecule has 0 aromatic heterocycles.